The number of nitrogens with one attached hydrogen (secondary N) is 3. The van der Waals surface area contributed by atoms with E-state index in [-0.39, 0.29) is 18.1 Å². The van der Waals surface area contributed by atoms with E-state index in [9.17, 15) is 4.79 Å². The zero-order valence-corrected chi connectivity index (χ0v) is 20.6. The van der Waals surface area contributed by atoms with Gasteiger partial charge in [0, 0.05) is 36.5 Å². The Bertz CT molecular complexity index is 1220. The number of H-pyrrole nitrogens is 1. The van der Waals surface area contributed by atoms with E-state index in [1.165, 1.54) is 0 Å². The van der Waals surface area contributed by atoms with E-state index in [1.54, 1.807) is 25.6 Å². The second kappa shape index (κ2) is 10.2. The molecule has 0 bridgehead atoms. The number of aromatic amines is 1. The van der Waals surface area contributed by atoms with Crippen molar-refractivity contribution in [3.63, 3.8) is 0 Å². The SMILES string of the molecule is COc1c(Cl)cccc1Nc1c(-c2ccncc2OCC2CCCCO2)[nH]c2c1C(=O)NC(C)C2. The van der Waals surface area contributed by atoms with E-state index >= 15 is 0 Å². The van der Waals surface area contributed by atoms with Gasteiger partial charge in [-0.25, -0.2) is 0 Å². The quantitative estimate of drug-likeness (QED) is 0.421. The van der Waals surface area contributed by atoms with Crippen LogP contribution in [0.15, 0.2) is 36.7 Å². The Hall–Kier alpha value is -3.23. The third kappa shape index (κ3) is 4.81. The second-order valence-electron chi connectivity index (χ2n) is 8.92. The standard InChI is InChI=1S/C26H29ClN4O4/c1-15-12-20-22(26(32)29-15)24(30-19-8-5-7-18(27)25(19)33-2)23(31-20)17-9-10-28-13-21(17)35-14-16-6-3-4-11-34-16/h5,7-10,13,15-16,30-31H,3-4,6,11-12,14H2,1-2H3,(H,29,32). The van der Waals surface area contributed by atoms with Gasteiger partial charge in [-0.1, -0.05) is 17.7 Å². The fourth-order valence-corrected chi connectivity index (χ4v) is 4.96. The van der Waals surface area contributed by atoms with Crippen LogP contribution in [0.25, 0.3) is 11.3 Å². The Morgan fingerprint density at radius 1 is 1.29 bits per heavy atom. The monoisotopic (exact) mass is 496 g/mol. The van der Waals surface area contributed by atoms with Crippen LogP contribution in [0.5, 0.6) is 11.5 Å². The molecule has 35 heavy (non-hydrogen) atoms. The third-order valence-corrected chi connectivity index (χ3v) is 6.67. The molecule has 0 radical (unpaired) electrons. The van der Waals surface area contributed by atoms with Crippen LogP contribution in [0.2, 0.25) is 5.02 Å². The van der Waals surface area contributed by atoms with Gasteiger partial charge >= 0.3 is 0 Å². The van der Waals surface area contributed by atoms with Crippen LogP contribution in [-0.2, 0) is 11.2 Å². The van der Waals surface area contributed by atoms with Crippen molar-refractivity contribution in [2.24, 2.45) is 0 Å². The van der Waals surface area contributed by atoms with Crippen molar-refractivity contribution in [3.8, 4) is 22.8 Å². The molecule has 3 N–H and O–H groups in total. The molecule has 8 nitrogen and oxygen atoms in total. The van der Waals surface area contributed by atoms with Gasteiger partial charge in [-0.2, -0.15) is 0 Å². The first-order valence-corrected chi connectivity index (χ1v) is 12.3. The first-order valence-electron chi connectivity index (χ1n) is 11.9. The number of pyridine rings is 1. The highest BCUT2D eigenvalue weighted by atomic mass is 35.5. The van der Waals surface area contributed by atoms with E-state index in [0.717, 1.165) is 42.8 Å². The maximum atomic E-state index is 13.1. The molecule has 2 aromatic heterocycles. The van der Waals surface area contributed by atoms with Crippen molar-refractivity contribution in [1.29, 1.82) is 0 Å². The van der Waals surface area contributed by atoms with Gasteiger partial charge in [-0.05, 0) is 44.4 Å². The van der Waals surface area contributed by atoms with Gasteiger partial charge < -0.3 is 29.8 Å². The Kier molecular flexibility index (Phi) is 6.83. The summed E-state index contributed by atoms with van der Waals surface area (Å²) in [5, 5.41) is 6.92. The van der Waals surface area contributed by atoms with Crippen LogP contribution in [0.1, 0.15) is 42.2 Å². The number of rotatable bonds is 7. The van der Waals surface area contributed by atoms with Crippen LogP contribution in [0.3, 0.4) is 0 Å². The number of aromatic nitrogens is 2. The highest BCUT2D eigenvalue weighted by Crippen LogP contribution is 2.43. The summed E-state index contributed by atoms with van der Waals surface area (Å²) in [6.07, 6.45) is 7.36. The van der Waals surface area contributed by atoms with Crippen molar-refractivity contribution in [1.82, 2.24) is 15.3 Å². The van der Waals surface area contributed by atoms with Crippen molar-refractivity contribution in [2.75, 3.05) is 25.6 Å². The number of methoxy groups -OCH3 is 1. The molecular formula is C26H29ClN4O4. The number of amides is 1. The molecule has 9 heteroatoms. The zero-order valence-electron chi connectivity index (χ0n) is 19.8. The number of carbonyl (C=O) groups is 1. The summed E-state index contributed by atoms with van der Waals surface area (Å²) >= 11 is 6.37. The van der Waals surface area contributed by atoms with Gasteiger partial charge in [0.2, 0.25) is 0 Å². The van der Waals surface area contributed by atoms with Crippen LogP contribution in [-0.4, -0.2) is 48.3 Å². The fraction of sp³-hybridized carbons (Fsp3) is 0.385. The summed E-state index contributed by atoms with van der Waals surface area (Å²) in [5.74, 6) is 0.979. The minimum atomic E-state index is -0.142. The number of hydrogen-bond donors (Lipinski definition) is 3. The summed E-state index contributed by atoms with van der Waals surface area (Å²) in [7, 11) is 1.57. The molecule has 5 rings (SSSR count). The molecule has 1 fully saturated rings. The molecule has 2 aliphatic heterocycles. The van der Waals surface area contributed by atoms with Crippen molar-refractivity contribution in [3.05, 3.63) is 52.9 Å². The Labute approximate surface area is 209 Å². The van der Waals surface area contributed by atoms with Crippen molar-refractivity contribution in [2.45, 2.75) is 44.8 Å². The van der Waals surface area contributed by atoms with E-state index < -0.39 is 0 Å². The molecule has 0 saturated carbocycles. The lowest BCUT2D eigenvalue weighted by atomic mass is 10.0. The van der Waals surface area contributed by atoms with Crippen LogP contribution < -0.4 is 20.1 Å². The van der Waals surface area contributed by atoms with Crippen LogP contribution in [0, 0.1) is 0 Å². The van der Waals surface area contributed by atoms with E-state index in [1.807, 2.05) is 25.1 Å². The zero-order chi connectivity index (χ0) is 24.4. The van der Waals surface area contributed by atoms with Crippen LogP contribution >= 0.6 is 11.6 Å². The number of ether oxygens (including phenoxy) is 3. The Morgan fingerprint density at radius 3 is 2.97 bits per heavy atom. The number of carbonyl (C=O) groups excluding carboxylic acids is 1. The number of hydrogen-bond acceptors (Lipinski definition) is 6. The molecule has 2 atom stereocenters. The molecule has 2 aliphatic rings. The normalized spacial score (nSPS) is 19.6. The highest BCUT2D eigenvalue weighted by Gasteiger charge is 2.31. The first kappa shape index (κ1) is 23.5. The summed E-state index contributed by atoms with van der Waals surface area (Å²) in [5.41, 5.74) is 4.26. The number of nitrogens with zero attached hydrogens (tertiary/aromatic N) is 1. The minimum Gasteiger partial charge on any atom is -0.493 e. The molecule has 1 aromatic carbocycles. The number of anilines is 2. The maximum Gasteiger partial charge on any atom is 0.255 e. The molecule has 4 heterocycles. The van der Waals surface area contributed by atoms with E-state index in [0.29, 0.717) is 46.5 Å². The number of para-hydroxylation sites is 1. The first-order chi connectivity index (χ1) is 17.0. The molecule has 0 aliphatic carbocycles. The van der Waals surface area contributed by atoms with Gasteiger partial charge in [0.1, 0.15) is 12.4 Å². The van der Waals surface area contributed by atoms with E-state index in [2.05, 4.69) is 20.6 Å². The molecule has 0 spiro atoms. The fourth-order valence-electron chi connectivity index (χ4n) is 4.71. The summed E-state index contributed by atoms with van der Waals surface area (Å²) < 4.78 is 17.6. The van der Waals surface area contributed by atoms with Gasteiger partial charge in [0.15, 0.2) is 5.75 Å². The predicted octanol–water partition coefficient (Wildman–Crippen LogP) is 5.10. The average molecular weight is 497 g/mol. The third-order valence-electron chi connectivity index (χ3n) is 6.38. The van der Waals surface area contributed by atoms with Crippen molar-refractivity contribution < 1.29 is 19.0 Å². The minimum absolute atomic E-state index is 0.0201. The molecule has 3 aromatic rings. The largest absolute Gasteiger partial charge is 0.493 e. The number of fused-ring (bicyclic) bond motifs is 1. The average Bonchev–Trinajstić information content (AvgIpc) is 3.21. The summed E-state index contributed by atoms with van der Waals surface area (Å²) in [6.45, 7) is 3.20. The summed E-state index contributed by atoms with van der Waals surface area (Å²) in [4.78, 5) is 20.9. The number of benzene rings is 1. The lowest BCUT2D eigenvalue weighted by Gasteiger charge is -2.23. The maximum absolute atomic E-state index is 13.1. The smallest absolute Gasteiger partial charge is 0.255 e. The predicted molar refractivity (Wildman–Crippen MR) is 135 cm³/mol. The second-order valence-corrected chi connectivity index (χ2v) is 9.33. The van der Waals surface area contributed by atoms with Crippen LogP contribution in [0.4, 0.5) is 11.4 Å². The van der Waals surface area contributed by atoms with Crippen molar-refractivity contribution >= 4 is 28.9 Å². The Balaban J connectivity index is 1.57. The topological polar surface area (TPSA) is 97.5 Å². The lowest BCUT2D eigenvalue weighted by molar-refractivity contribution is -0.0110. The molecule has 184 valence electrons. The van der Waals surface area contributed by atoms with Gasteiger partial charge in [0.25, 0.3) is 5.91 Å². The molecule has 1 saturated heterocycles. The van der Waals surface area contributed by atoms with E-state index in [4.69, 9.17) is 25.8 Å². The molecule has 2 unspecified atom stereocenters. The Morgan fingerprint density at radius 2 is 2.17 bits per heavy atom. The highest BCUT2D eigenvalue weighted by molar-refractivity contribution is 6.32. The molecular weight excluding hydrogens is 468 g/mol. The van der Waals surface area contributed by atoms with Gasteiger partial charge in [-0.3, -0.25) is 9.78 Å². The van der Waals surface area contributed by atoms with Gasteiger partial charge in [0.05, 0.1) is 47.1 Å². The number of halogens is 1. The summed E-state index contributed by atoms with van der Waals surface area (Å²) in [6, 6.07) is 7.36. The molecule has 1 amide bonds. The van der Waals surface area contributed by atoms with Gasteiger partial charge in [-0.15, -0.1) is 0 Å². The lowest BCUT2D eigenvalue weighted by Crippen LogP contribution is -2.39.